The summed E-state index contributed by atoms with van der Waals surface area (Å²) < 4.78 is 0. The highest BCUT2D eigenvalue weighted by atomic mass is 35.5. The highest BCUT2D eigenvalue weighted by molar-refractivity contribution is 6.40. The third-order valence-electron chi connectivity index (χ3n) is 2.53. The summed E-state index contributed by atoms with van der Waals surface area (Å²) in [4.78, 5) is 32.6. The average Bonchev–Trinajstić information content (AvgIpc) is 2.44. The van der Waals surface area contributed by atoms with Crippen LogP contribution in [-0.4, -0.2) is 11.9 Å². The Morgan fingerprint density at radius 2 is 0.909 bits per heavy atom. The van der Waals surface area contributed by atoms with Crippen LogP contribution in [0, 0.1) is 0 Å². The van der Waals surface area contributed by atoms with Crippen LogP contribution in [0.4, 0.5) is 0 Å². The van der Waals surface area contributed by atoms with Crippen molar-refractivity contribution in [2.24, 2.45) is 0 Å². The molecule has 0 spiro atoms. The first-order valence-electron chi connectivity index (χ1n) is 5.73. The standard InChI is InChI=1S/C14H6Cl4O4/c15-7-3-1-4-8(16)11(7)13(19)21-22-14(20)12-9(17)5-2-6-10(12)18/h1-6H. The van der Waals surface area contributed by atoms with Gasteiger partial charge in [-0.3, -0.25) is 0 Å². The molecular weight excluding hydrogens is 374 g/mol. The van der Waals surface area contributed by atoms with E-state index in [2.05, 4.69) is 9.78 Å². The van der Waals surface area contributed by atoms with Crippen LogP contribution in [0.1, 0.15) is 20.7 Å². The predicted octanol–water partition coefficient (Wildman–Crippen LogP) is 5.23. The van der Waals surface area contributed by atoms with E-state index in [4.69, 9.17) is 46.4 Å². The molecule has 0 N–H and O–H groups in total. The summed E-state index contributed by atoms with van der Waals surface area (Å²) in [6, 6.07) is 8.87. The minimum Gasteiger partial charge on any atom is -0.241 e. The van der Waals surface area contributed by atoms with Crippen LogP contribution in [0.3, 0.4) is 0 Å². The average molecular weight is 380 g/mol. The van der Waals surface area contributed by atoms with Gasteiger partial charge in [-0.15, -0.1) is 0 Å². The maximum atomic E-state index is 11.9. The molecule has 22 heavy (non-hydrogen) atoms. The van der Waals surface area contributed by atoms with Crippen molar-refractivity contribution in [1.29, 1.82) is 0 Å². The first-order valence-corrected chi connectivity index (χ1v) is 7.24. The maximum Gasteiger partial charge on any atom is 0.389 e. The van der Waals surface area contributed by atoms with Crippen molar-refractivity contribution < 1.29 is 19.4 Å². The Morgan fingerprint density at radius 1 is 0.636 bits per heavy atom. The summed E-state index contributed by atoms with van der Waals surface area (Å²) in [6.45, 7) is 0. The van der Waals surface area contributed by atoms with Crippen molar-refractivity contribution in [2.45, 2.75) is 0 Å². The molecular formula is C14H6Cl4O4. The van der Waals surface area contributed by atoms with Gasteiger partial charge in [-0.2, -0.15) is 0 Å². The Morgan fingerprint density at radius 3 is 1.18 bits per heavy atom. The molecule has 2 aromatic rings. The van der Waals surface area contributed by atoms with E-state index >= 15 is 0 Å². The summed E-state index contributed by atoms with van der Waals surface area (Å²) in [6.07, 6.45) is 0. The third kappa shape index (κ3) is 3.65. The smallest absolute Gasteiger partial charge is 0.241 e. The Kier molecular flexibility index (Phi) is 5.53. The van der Waals surface area contributed by atoms with Gasteiger partial charge in [0.15, 0.2) is 0 Å². The molecule has 0 unspecified atom stereocenters. The molecule has 0 saturated carbocycles. The summed E-state index contributed by atoms with van der Waals surface area (Å²) in [5.41, 5.74) is -0.243. The van der Waals surface area contributed by atoms with Gasteiger partial charge in [-0.1, -0.05) is 58.5 Å². The van der Waals surface area contributed by atoms with Gasteiger partial charge in [0.05, 0.1) is 20.1 Å². The zero-order valence-corrected chi connectivity index (χ0v) is 13.6. The van der Waals surface area contributed by atoms with Crippen LogP contribution in [0.2, 0.25) is 20.1 Å². The molecule has 0 amide bonds. The van der Waals surface area contributed by atoms with Gasteiger partial charge in [0, 0.05) is 0 Å². The van der Waals surface area contributed by atoms with E-state index in [1.165, 1.54) is 24.3 Å². The van der Waals surface area contributed by atoms with Crippen molar-refractivity contribution in [1.82, 2.24) is 0 Å². The highest BCUT2D eigenvalue weighted by Crippen LogP contribution is 2.27. The molecule has 0 radical (unpaired) electrons. The molecule has 0 saturated heterocycles. The van der Waals surface area contributed by atoms with Crippen LogP contribution >= 0.6 is 46.4 Å². The molecule has 114 valence electrons. The lowest BCUT2D eigenvalue weighted by Crippen LogP contribution is -2.13. The summed E-state index contributed by atoms with van der Waals surface area (Å²) in [5, 5.41) is 0.238. The first kappa shape index (κ1) is 16.9. The van der Waals surface area contributed by atoms with E-state index in [1.807, 2.05) is 0 Å². The van der Waals surface area contributed by atoms with Gasteiger partial charge in [0.25, 0.3) is 0 Å². The molecule has 0 aliphatic rings. The number of carbonyl (C=O) groups excluding carboxylic acids is 2. The van der Waals surface area contributed by atoms with Crippen molar-refractivity contribution >= 4 is 58.3 Å². The highest BCUT2D eigenvalue weighted by Gasteiger charge is 2.22. The minimum absolute atomic E-state index is 0.0596. The van der Waals surface area contributed by atoms with Gasteiger partial charge >= 0.3 is 11.9 Å². The lowest BCUT2D eigenvalue weighted by molar-refractivity contribution is -0.187. The van der Waals surface area contributed by atoms with Crippen molar-refractivity contribution in [3.63, 3.8) is 0 Å². The third-order valence-corrected chi connectivity index (χ3v) is 3.79. The summed E-state index contributed by atoms with van der Waals surface area (Å²) >= 11 is 23.4. The van der Waals surface area contributed by atoms with E-state index in [9.17, 15) is 9.59 Å². The van der Waals surface area contributed by atoms with Gasteiger partial charge in [0.2, 0.25) is 0 Å². The zero-order valence-electron chi connectivity index (χ0n) is 10.6. The number of rotatable bonds is 2. The van der Waals surface area contributed by atoms with E-state index in [1.54, 1.807) is 12.1 Å². The number of hydrogen-bond acceptors (Lipinski definition) is 4. The molecule has 4 nitrogen and oxygen atoms in total. The molecule has 0 bridgehead atoms. The predicted molar refractivity (Wildman–Crippen MR) is 83.8 cm³/mol. The molecule has 0 heterocycles. The maximum absolute atomic E-state index is 11.9. The van der Waals surface area contributed by atoms with Gasteiger partial charge in [0.1, 0.15) is 11.1 Å². The van der Waals surface area contributed by atoms with Crippen LogP contribution in [0.15, 0.2) is 36.4 Å². The monoisotopic (exact) mass is 378 g/mol. The zero-order chi connectivity index (χ0) is 16.3. The molecule has 8 heteroatoms. The van der Waals surface area contributed by atoms with Gasteiger partial charge < -0.3 is 0 Å². The lowest BCUT2D eigenvalue weighted by atomic mass is 10.2. The topological polar surface area (TPSA) is 52.6 Å². The molecule has 0 fully saturated rings. The Balaban J connectivity index is 2.13. The lowest BCUT2D eigenvalue weighted by Gasteiger charge is -2.07. The molecule has 0 aromatic heterocycles. The van der Waals surface area contributed by atoms with E-state index in [0.717, 1.165) is 0 Å². The van der Waals surface area contributed by atoms with Crippen LogP contribution < -0.4 is 0 Å². The van der Waals surface area contributed by atoms with E-state index in [0.29, 0.717) is 0 Å². The van der Waals surface area contributed by atoms with Crippen LogP contribution in [-0.2, 0) is 9.78 Å². The largest absolute Gasteiger partial charge is 0.389 e. The van der Waals surface area contributed by atoms with Gasteiger partial charge in [-0.05, 0) is 24.3 Å². The SMILES string of the molecule is O=C(OOC(=O)c1c(Cl)cccc1Cl)c1c(Cl)cccc1Cl. The second-order valence-electron chi connectivity index (χ2n) is 3.93. The summed E-state index contributed by atoms with van der Waals surface area (Å²) in [7, 11) is 0. The Bertz CT molecular complexity index is 642. The molecule has 2 rings (SSSR count). The second kappa shape index (κ2) is 7.20. The number of carbonyl (C=O) groups is 2. The quantitative estimate of drug-likeness (QED) is 0.529. The molecule has 0 aliphatic carbocycles. The number of halogens is 4. The number of hydrogen-bond donors (Lipinski definition) is 0. The Labute approximate surface area is 145 Å². The van der Waals surface area contributed by atoms with E-state index in [-0.39, 0.29) is 31.2 Å². The van der Waals surface area contributed by atoms with E-state index < -0.39 is 11.9 Å². The minimum atomic E-state index is -1.02. The first-order chi connectivity index (χ1) is 10.4. The normalized spacial score (nSPS) is 10.2. The second-order valence-corrected chi connectivity index (χ2v) is 5.56. The van der Waals surface area contributed by atoms with Crippen LogP contribution in [0.5, 0.6) is 0 Å². The van der Waals surface area contributed by atoms with Crippen molar-refractivity contribution in [3.05, 3.63) is 67.6 Å². The molecule has 0 atom stereocenters. The van der Waals surface area contributed by atoms with Gasteiger partial charge in [-0.25, -0.2) is 19.4 Å². The Hall–Kier alpha value is -1.46. The van der Waals surface area contributed by atoms with Crippen LogP contribution in [0.25, 0.3) is 0 Å². The van der Waals surface area contributed by atoms with Crippen molar-refractivity contribution in [2.75, 3.05) is 0 Å². The molecule has 0 aliphatic heterocycles. The fourth-order valence-corrected chi connectivity index (χ4v) is 2.65. The van der Waals surface area contributed by atoms with Crippen molar-refractivity contribution in [3.8, 4) is 0 Å². The molecule has 2 aromatic carbocycles. The number of benzene rings is 2. The fraction of sp³-hybridized carbons (Fsp3) is 0. The summed E-state index contributed by atoms with van der Waals surface area (Å²) in [5.74, 6) is -2.04. The fourth-order valence-electron chi connectivity index (χ4n) is 1.54.